The first-order valence-corrected chi connectivity index (χ1v) is 7.05. The number of ether oxygens (including phenoxy) is 1. The van der Waals surface area contributed by atoms with Gasteiger partial charge in [0.1, 0.15) is 0 Å². The van der Waals surface area contributed by atoms with Crippen molar-refractivity contribution >= 4 is 0 Å². The highest BCUT2D eigenvalue weighted by atomic mass is 16.5. The van der Waals surface area contributed by atoms with Gasteiger partial charge >= 0.3 is 0 Å². The molecule has 2 heteroatoms. The molecule has 2 N–H and O–H groups in total. The zero-order valence-electron chi connectivity index (χ0n) is 11.7. The van der Waals surface area contributed by atoms with E-state index in [0.29, 0.717) is 11.8 Å². The molecule has 0 fully saturated rings. The van der Waals surface area contributed by atoms with Gasteiger partial charge in [0, 0.05) is 6.61 Å². The Morgan fingerprint density at radius 3 is 2.61 bits per heavy atom. The molecule has 1 aliphatic carbocycles. The molecule has 100 valence electrons. The Morgan fingerprint density at radius 2 is 1.94 bits per heavy atom. The Kier molecular flexibility index (Phi) is 4.41. The molecule has 0 saturated carbocycles. The lowest BCUT2D eigenvalue weighted by Gasteiger charge is -2.34. The van der Waals surface area contributed by atoms with E-state index in [0.717, 1.165) is 19.4 Å². The number of rotatable bonds is 4. The average molecular weight is 247 g/mol. The first-order valence-electron chi connectivity index (χ1n) is 7.05. The first kappa shape index (κ1) is 13.6. The molecule has 0 heterocycles. The maximum absolute atomic E-state index is 6.34. The van der Waals surface area contributed by atoms with Crippen LogP contribution in [0.5, 0.6) is 0 Å². The maximum Gasteiger partial charge on any atom is 0.0773 e. The summed E-state index contributed by atoms with van der Waals surface area (Å²) < 4.78 is 6.01. The Hall–Kier alpha value is -0.860. The first-order chi connectivity index (χ1) is 8.59. The molecule has 1 aromatic carbocycles. The maximum atomic E-state index is 6.34. The quantitative estimate of drug-likeness (QED) is 0.882. The van der Waals surface area contributed by atoms with E-state index >= 15 is 0 Å². The van der Waals surface area contributed by atoms with Gasteiger partial charge in [-0.15, -0.1) is 0 Å². The van der Waals surface area contributed by atoms with Gasteiger partial charge in [0.2, 0.25) is 0 Å². The SMILES string of the molecule is CC(C)CCOC1CC(C)c2ccccc2C1N. The summed E-state index contributed by atoms with van der Waals surface area (Å²) in [6, 6.07) is 8.55. The molecule has 0 aromatic heterocycles. The van der Waals surface area contributed by atoms with Gasteiger partial charge in [0.15, 0.2) is 0 Å². The van der Waals surface area contributed by atoms with Gasteiger partial charge < -0.3 is 10.5 Å². The number of fused-ring (bicyclic) bond motifs is 1. The second kappa shape index (κ2) is 5.85. The molecular formula is C16H25NO. The smallest absolute Gasteiger partial charge is 0.0773 e. The van der Waals surface area contributed by atoms with Crippen LogP contribution >= 0.6 is 0 Å². The van der Waals surface area contributed by atoms with Crippen LogP contribution in [0.3, 0.4) is 0 Å². The lowest BCUT2D eigenvalue weighted by Crippen LogP contribution is -2.35. The van der Waals surface area contributed by atoms with Crippen LogP contribution in [-0.2, 0) is 4.74 Å². The van der Waals surface area contributed by atoms with Gasteiger partial charge in [-0.25, -0.2) is 0 Å². The highest BCUT2D eigenvalue weighted by Gasteiger charge is 2.30. The van der Waals surface area contributed by atoms with Crippen molar-refractivity contribution in [3.8, 4) is 0 Å². The van der Waals surface area contributed by atoms with Crippen LogP contribution in [0.15, 0.2) is 24.3 Å². The van der Waals surface area contributed by atoms with Gasteiger partial charge in [0.05, 0.1) is 12.1 Å². The largest absolute Gasteiger partial charge is 0.376 e. The molecule has 0 saturated heterocycles. The number of hydrogen-bond donors (Lipinski definition) is 1. The second-order valence-electron chi connectivity index (χ2n) is 5.88. The summed E-state index contributed by atoms with van der Waals surface area (Å²) in [6.45, 7) is 7.54. The van der Waals surface area contributed by atoms with Gasteiger partial charge in [-0.1, -0.05) is 45.0 Å². The van der Waals surface area contributed by atoms with Crippen LogP contribution in [0.4, 0.5) is 0 Å². The van der Waals surface area contributed by atoms with Crippen molar-refractivity contribution in [1.82, 2.24) is 0 Å². The van der Waals surface area contributed by atoms with E-state index in [-0.39, 0.29) is 12.1 Å². The summed E-state index contributed by atoms with van der Waals surface area (Å²) in [7, 11) is 0. The van der Waals surface area contributed by atoms with Crippen molar-refractivity contribution in [3.05, 3.63) is 35.4 Å². The number of benzene rings is 1. The average Bonchev–Trinajstić information content (AvgIpc) is 2.35. The Morgan fingerprint density at radius 1 is 1.28 bits per heavy atom. The van der Waals surface area contributed by atoms with E-state index < -0.39 is 0 Å². The summed E-state index contributed by atoms with van der Waals surface area (Å²) in [5.41, 5.74) is 9.01. The van der Waals surface area contributed by atoms with Crippen molar-refractivity contribution in [2.24, 2.45) is 11.7 Å². The standard InChI is InChI=1S/C16H25NO/c1-11(2)8-9-18-15-10-12(3)13-6-4-5-7-14(13)16(15)17/h4-7,11-12,15-16H,8-10,17H2,1-3H3. The Labute approximate surface area is 111 Å². The van der Waals surface area contributed by atoms with Crippen LogP contribution in [0.1, 0.15) is 56.7 Å². The van der Waals surface area contributed by atoms with Crippen LogP contribution in [-0.4, -0.2) is 12.7 Å². The molecule has 1 aliphatic rings. The zero-order valence-corrected chi connectivity index (χ0v) is 11.7. The summed E-state index contributed by atoms with van der Waals surface area (Å²) in [5.74, 6) is 1.24. The van der Waals surface area contributed by atoms with E-state index in [2.05, 4.69) is 45.0 Å². The predicted octanol–water partition coefficient (Wildman–Crippen LogP) is 3.62. The minimum atomic E-state index is 0.0320. The predicted molar refractivity (Wildman–Crippen MR) is 75.6 cm³/mol. The summed E-state index contributed by atoms with van der Waals surface area (Å²) in [4.78, 5) is 0. The van der Waals surface area contributed by atoms with E-state index in [4.69, 9.17) is 10.5 Å². The molecule has 0 spiro atoms. The molecule has 0 amide bonds. The molecule has 2 nitrogen and oxygen atoms in total. The molecule has 18 heavy (non-hydrogen) atoms. The third kappa shape index (κ3) is 2.93. The van der Waals surface area contributed by atoms with Crippen molar-refractivity contribution in [2.45, 2.75) is 51.7 Å². The topological polar surface area (TPSA) is 35.2 Å². The minimum absolute atomic E-state index is 0.0320. The fraction of sp³-hybridized carbons (Fsp3) is 0.625. The third-order valence-corrected chi connectivity index (χ3v) is 3.90. The summed E-state index contributed by atoms with van der Waals surface area (Å²) in [5, 5.41) is 0. The monoisotopic (exact) mass is 247 g/mol. The highest BCUT2D eigenvalue weighted by Crippen LogP contribution is 2.37. The van der Waals surface area contributed by atoms with Crippen LogP contribution in [0, 0.1) is 5.92 Å². The van der Waals surface area contributed by atoms with E-state index in [1.165, 1.54) is 11.1 Å². The molecule has 0 aliphatic heterocycles. The molecule has 0 radical (unpaired) electrons. The zero-order chi connectivity index (χ0) is 13.1. The molecule has 2 rings (SSSR count). The number of hydrogen-bond acceptors (Lipinski definition) is 2. The second-order valence-corrected chi connectivity index (χ2v) is 5.88. The molecule has 3 atom stereocenters. The van der Waals surface area contributed by atoms with Gasteiger partial charge in [0.25, 0.3) is 0 Å². The molecular weight excluding hydrogens is 222 g/mol. The third-order valence-electron chi connectivity index (χ3n) is 3.90. The van der Waals surface area contributed by atoms with E-state index in [1.54, 1.807) is 0 Å². The highest BCUT2D eigenvalue weighted by molar-refractivity contribution is 5.35. The Balaban J connectivity index is 2.04. The van der Waals surface area contributed by atoms with E-state index in [1.807, 2.05) is 0 Å². The normalized spacial score (nSPS) is 27.3. The molecule has 3 unspecified atom stereocenters. The van der Waals surface area contributed by atoms with Crippen LogP contribution < -0.4 is 5.73 Å². The lowest BCUT2D eigenvalue weighted by atomic mass is 9.79. The van der Waals surface area contributed by atoms with Crippen molar-refractivity contribution in [3.63, 3.8) is 0 Å². The van der Waals surface area contributed by atoms with Crippen molar-refractivity contribution < 1.29 is 4.74 Å². The minimum Gasteiger partial charge on any atom is -0.376 e. The van der Waals surface area contributed by atoms with Crippen molar-refractivity contribution in [2.75, 3.05) is 6.61 Å². The van der Waals surface area contributed by atoms with E-state index in [9.17, 15) is 0 Å². The molecule has 1 aromatic rings. The van der Waals surface area contributed by atoms with Crippen LogP contribution in [0.2, 0.25) is 0 Å². The van der Waals surface area contributed by atoms with Gasteiger partial charge in [-0.2, -0.15) is 0 Å². The molecule has 0 bridgehead atoms. The Bertz CT molecular complexity index is 388. The fourth-order valence-corrected chi connectivity index (χ4v) is 2.71. The summed E-state index contributed by atoms with van der Waals surface area (Å²) in [6.07, 6.45) is 2.32. The van der Waals surface area contributed by atoms with Gasteiger partial charge in [-0.05, 0) is 35.8 Å². The summed E-state index contributed by atoms with van der Waals surface area (Å²) >= 11 is 0. The number of nitrogens with two attached hydrogens (primary N) is 1. The lowest BCUT2D eigenvalue weighted by molar-refractivity contribution is 0.0150. The van der Waals surface area contributed by atoms with Crippen LogP contribution in [0.25, 0.3) is 0 Å². The fourth-order valence-electron chi connectivity index (χ4n) is 2.71. The van der Waals surface area contributed by atoms with Crippen molar-refractivity contribution in [1.29, 1.82) is 0 Å². The van der Waals surface area contributed by atoms with Gasteiger partial charge in [-0.3, -0.25) is 0 Å².